The van der Waals surface area contributed by atoms with Crippen LogP contribution in [0.3, 0.4) is 0 Å². The predicted molar refractivity (Wildman–Crippen MR) is 100 cm³/mol. The number of hydrogen-bond donors (Lipinski definition) is 1. The Morgan fingerprint density at radius 2 is 2.04 bits per heavy atom. The summed E-state index contributed by atoms with van der Waals surface area (Å²) in [5.74, 6) is -0.225. The number of anilines is 1. The van der Waals surface area contributed by atoms with E-state index in [9.17, 15) is 9.59 Å². The molecule has 0 saturated carbocycles. The monoisotopic (exact) mass is 362 g/mol. The maximum Gasteiger partial charge on any atom is 0.221 e. The lowest BCUT2D eigenvalue weighted by molar-refractivity contribution is -0.114. The minimum Gasteiger partial charge on any atom is -0.326 e. The average molecular weight is 362 g/mol. The topological polar surface area (TPSA) is 76.4 Å². The highest BCUT2D eigenvalue weighted by Gasteiger charge is 2.18. The Bertz CT molecular complexity index is 1120. The molecule has 0 bridgehead atoms. The van der Waals surface area contributed by atoms with Gasteiger partial charge in [-0.15, -0.1) is 11.3 Å². The Hall–Kier alpha value is -3.32. The summed E-state index contributed by atoms with van der Waals surface area (Å²) in [5.41, 5.74) is 3.31. The first-order valence-corrected chi connectivity index (χ1v) is 8.80. The van der Waals surface area contributed by atoms with Crippen molar-refractivity contribution in [2.75, 3.05) is 5.32 Å². The van der Waals surface area contributed by atoms with Gasteiger partial charge in [0.1, 0.15) is 0 Å². The summed E-state index contributed by atoms with van der Waals surface area (Å²) < 4.78 is 1.65. The lowest BCUT2D eigenvalue weighted by atomic mass is 10.1. The molecule has 1 aromatic carbocycles. The Morgan fingerprint density at radius 1 is 1.15 bits per heavy atom. The van der Waals surface area contributed by atoms with Crippen molar-refractivity contribution >= 4 is 34.4 Å². The third kappa shape index (κ3) is 2.89. The third-order valence-corrected chi connectivity index (χ3v) is 4.74. The van der Waals surface area contributed by atoms with E-state index in [0.717, 1.165) is 11.3 Å². The lowest BCUT2D eigenvalue weighted by Crippen LogP contribution is -2.06. The van der Waals surface area contributed by atoms with Crippen LogP contribution in [-0.2, 0) is 4.79 Å². The van der Waals surface area contributed by atoms with Crippen molar-refractivity contribution in [3.63, 3.8) is 0 Å². The summed E-state index contributed by atoms with van der Waals surface area (Å²) in [6.45, 7) is 1.47. The van der Waals surface area contributed by atoms with E-state index in [1.54, 1.807) is 23.0 Å². The molecule has 0 radical (unpaired) electrons. The Balaban J connectivity index is 1.81. The number of carbonyl (C=O) groups excluding carboxylic acids is 2. The van der Waals surface area contributed by atoms with E-state index in [1.165, 1.54) is 18.3 Å². The van der Waals surface area contributed by atoms with Gasteiger partial charge in [0.25, 0.3) is 0 Å². The van der Waals surface area contributed by atoms with Gasteiger partial charge < -0.3 is 5.32 Å². The quantitative estimate of drug-likeness (QED) is 0.562. The molecule has 3 aromatic heterocycles. The summed E-state index contributed by atoms with van der Waals surface area (Å²) in [7, 11) is 0. The zero-order valence-electron chi connectivity index (χ0n) is 13.8. The second-order valence-corrected chi connectivity index (χ2v) is 6.64. The largest absolute Gasteiger partial charge is 0.326 e. The molecule has 3 heterocycles. The molecule has 0 atom stereocenters. The first-order chi connectivity index (χ1) is 12.6. The maximum absolute atomic E-state index is 12.7. The number of rotatable bonds is 4. The Labute approximate surface area is 153 Å². The fraction of sp³-hybridized carbons (Fsp3) is 0.0526. The molecule has 0 fully saturated rings. The van der Waals surface area contributed by atoms with Crippen molar-refractivity contribution in [1.82, 2.24) is 14.6 Å². The molecule has 0 aliphatic rings. The minimum absolute atomic E-state index is 0.0911. The highest BCUT2D eigenvalue weighted by Crippen LogP contribution is 2.25. The number of hydrogen-bond acceptors (Lipinski definition) is 5. The molecule has 4 rings (SSSR count). The van der Waals surface area contributed by atoms with Crippen LogP contribution in [0, 0.1) is 0 Å². The predicted octanol–water partition coefficient (Wildman–Crippen LogP) is 3.65. The van der Waals surface area contributed by atoms with Crippen LogP contribution in [-0.4, -0.2) is 26.3 Å². The van der Waals surface area contributed by atoms with Crippen molar-refractivity contribution in [2.24, 2.45) is 0 Å². The van der Waals surface area contributed by atoms with E-state index in [1.807, 2.05) is 41.8 Å². The number of ketones is 1. The summed E-state index contributed by atoms with van der Waals surface area (Å²) in [4.78, 5) is 29.0. The standard InChI is InChI=1S/C19H14N4O2S/c1-12(24)22-14-5-2-4-13(10-14)16-7-8-20-19-15(11-21-23(16)19)18(25)17-6-3-9-26-17/h2-11H,1H3,(H,22,24). The van der Waals surface area contributed by atoms with Crippen LogP contribution in [0.4, 0.5) is 5.69 Å². The minimum atomic E-state index is -0.134. The van der Waals surface area contributed by atoms with Gasteiger partial charge >= 0.3 is 0 Å². The molecule has 1 amide bonds. The van der Waals surface area contributed by atoms with E-state index in [-0.39, 0.29) is 11.7 Å². The van der Waals surface area contributed by atoms with Crippen LogP contribution in [0.25, 0.3) is 16.9 Å². The lowest BCUT2D eigenvalue weighted by Gasteiger charge is -2.08. The second-order valence-electron chi connectivity index (χ2n) is 5.69. The molecular weight excluding hydrogens is 348 g/mol. The smallest absolute Gasteiger partial charge is 0.221 e. The first kappa shape index (κ1) is 16.2. The van der Waals surface area contributed by atoms with Gasteiger partial charge in [0.05, 0.1) is 22.3 Å². The summed E-state index contributed by atoms with van der Waals surface area (Å²) in [5, 5.41) is 9.00. The molecule has 7 heteroatoms. The van der Waals surface area contributed by atoms with Crippen molar-refractivity contribution < 1.29 is 9.59 Å². The molecule has 1 N–H and O–H groups in total. The van der Waals surface area contributed by atoms with Gasteiger partial charge in [0.15, 0.2) is 5.65 Å². The molecule has 6 nitrogen and oxygen atoms in total. The SMILES string of the molecule is CC(=O)Nc1cccc(-c2ccnc3c(C(=O)c4cccs4)cnn23)c1. The van der Waals surface area contributed by atoms with E-state index >= 15 is 0 Å². The van der Waals surface area contributed by atoms with Crippen LogP contribution >= 0.6 is 11.3 Å². The van der Waals surface area contributed by atoms with E-state index < -0.39 is 0 Å². The number of aromatic nitrogens is 3. The van der Waals surface area contributed by atoms with Gasteiger partial charge in [-0.3, -0.25) is 9.59 Å². The highest BCUT2D eigenvalue weighted by molar-refractivity contribution is 7.12. The normalized spacial score (nSPS) is 10.8. The zero-order valence-corrected chi connectivity index (χ0v) is 14.7. The molecule has 0 saturated heterocycles. The van der Waals surface area contributed by atoms with Gasteiger partial charge in [-0.1, -0.05) is 18.2 Å². The van der Waals surface area contributed by atoms with Crippen LogP contribution in [0.15, 0.2) is 60.2 Å². The summed E-state index contributed by atoms with van der Waals surface area (Å²) in [6.07, 6.45) is 3.20. The van der Waals surface area contributed by atoms with E-state index in [0.29, 0.717) is 21.8 Å². The highest BCUT2D eigenvalue weighted by atomic mass is 32.1. The number of benzene rings is 1. The van der Waals surface area contributed by atoms with Crippen molar-refractivity contribution in [1.29, 1.82) is 0 Å². The molecule has 0 aliphatic carbocycles. The van der Waals surface area contributed by atoms with Gasteiger partial charge in [-0.25, -0.2) is 9.50 Å². The number of nitrogens with one attached hydrogen (secondary N) is 1. The molecule has 128 valence electrons. The second kappa shape index (κ2) is 6.53. The van der Waals surface area contributed by atoms with Crippen LogP contribution < -0.4 is 5.32 Å². The fourth-order valence-corrected chi connectivity index (χ4v) is 3.45. The van der Waals surface area contributed by atoms with Crippen molar-refractivity contribution in [2.45, 2.75) is 6.92 Å². The van der Waals surface area contributed by atoms with Crippen molar-refractivity contribution in [3.8, 4) is 11.3 Å². The van der Waals surface area contributed by atoms with Crippen LogP contribution in [0.1, 0.15) is 22.2 Å². The molecule has 0 unspecified atom stereocenters. The van der Waals surface area contributed by atoms with Crippen molar-refractivity contribution in [3.05, 3.63) is 70.7 Å². The Kier molecular flexibility index (Phi) is 4.06. The number of fused-ring (bicyclic) bond motifs is 1. The van der Waals surface area contributed by atoms with Gasteiger partial charge in [-0.2, -0.15) is 5.10 Å². The van der Waals surface area contributed by atoms with Crippen LogP contribution in [0.2, 0.25) is 0 Å². The van der Waals surface area contributed by atoms with Crippen LogP contribution in [0.5, 0.6) is 0 Å². The number of amides is 1. The van der Waals surface area contributed by atoms with Gasteiger partial charge in [-0.05, 0) is 29.6 Å². The third-order valence-electron chi connectivity index (χ3n) is 3.87. The molecule has 0 aliphatic heterocycles. The summed E-state index contributed by atoms with van der Waals surface area (Å²) >= 11 is 1.39. The number of carbonyl (C=O) groups is 2. The molecule has 4 aromatic rings. The maximum atomic E-state index is 12.7. The van der Waals surface area contributed by atoms with E-state index in [2.05, 4.69) is 15.4 Å². The molecule has 26 heavy (non-hydrogen) atoms. The average Bonchev–Trinajstić information content (AvgIpc) is 3.30. The Morgan fingerprint density at radius 3 is 2.81 bits per heavy atom. The van der Waals surface area contributed by atoms with Gasteiger partial charge in [0, 0.05) is 24.4 Å². The zero-order chi connectivity index (χ0) is 18.1. The van der Waals surface area contributed by atoms with E-state index in [4.69, 9.17) is 0 Å². The molecule has 0 spiro atoms. The summed E-state index contributed by atoms with van der Waals surface area (Å²) in [6, 6.07) is 12.9. The van der Waals surface area contributed by atoms with Gasteiger partial charge in [0.2, 0.25) is 11.7 Å². The first-order valence-electron chi connectivity index (χ1n) is 7.92. The molecular formula is C19H14N4O2S. The fourth-order valence-electron chi connectivity index (χ4n) is 2.77. The number of nitrogens with zero attached hydrogens (tertiary/aromatic N) is 3. The number of thiophene rings is 1.